The molecular weight excluding hydrogens is 306 g/mol. The third kappa shape index (κ3) is 3.71. The number of benzene rings is 1. The minimum Gasteiger partial charge on any atom is -0.466 e. The SMILES string of the molecule is CCOC(=O)C1CC2(CCN(C(=O)OCc3ccccc3)CC2)C1. The molecule has 0 N–H and O–H groups in total. The van der Waals surface area contributed by atoms with Crippen LogP contribution in [0.15, 0.2) is 30.3 Å². The van der Waals surface area contributed by atoms with E-state index in [1.54, 1.807) is 4.90 Å². The summed E-state index contributed by atoms with van der Waals surface area (Å²) in [7, 11) is 0. The Hall–Kier alpha value is -2.04. The molecule has 1 saturated heterocycles. The van der Waals surface area contributed by atoms with E-state index in [1.807, 2.05) is 37.3 Å². The molecule has 0 bridgehead atoms. The van der Waals surface area contributed by atoms with Crippen LogP contribution in [-0.2, 0) is 20.9 Å². The first-order valence-electron chi connectivity index (χ1n) is 8.74. The summed E-state index contributed by atoms with van der Waals surface area (Å²) in [5.74, 6) is -0.00522. The summed E-state index contributed by atoms with van der Waals surface area (Å²) >= 11 is 0. The molecule has 0 radical (unpaired) electrons. The minimum atomic E-state index is -0.241. The molecule has 5 nitrogen and oxygen atoms in total. The van der Waals surface area contributed by atoms with Gasteiger partial charge in [0.15, 0.2) is 0 Å². The number of piperidine rings is 1. The van der Waals surface area contributed by atoms with Crippen LogP contribution in [0.2, 0.25) is 0 Å². The van der Waals surface area contributed by atoms with Crippen LogP contribution in [0.25, 0.3) is 0 Å². The lowest BCUT2D eigenvalue weighted by atomic mass is 9.57. The van der Waals surface area contributed by atoms with Crippen LogP contribution in [0, 0.1) is 11.3 Å². The summed E-state index contributed by atoms with van der Waals surface area (Å²) in [4.78, 5) is 25.7. The maximum absolute atomic E-state index is 12.2. The van der Waals surface area contributed by atoms with Gasteiger partial charge in [-0.05, 0) is 43.6 Å². The molecule has 1 aliphatic carbocycles. The first-order chi connectivity index (χ1) is 11.6. The van der Waals surface area contributed by atoms with Crippen LogP contribution in [0.5, 0.6) is 0 Å². The van der Waals surface area contributed by atoms with Crippen molar-refractivity contribution in [2.45, 2.75) is 39.2 Å². The predicted molar refractivity (Wildman–Crippen MR) is 89.2 cm³/mol. The molecule has 24 heavy (non-hydrogen) atoms. The third-order valence-corrected chi connectivity index (χ3v) is 5.27. The smallest absolute Gasteiger partial charge is 0.410 e. The van der Waals surface area contributed by atoms with Crippen molar-refractivity contribution >= 4 is 12.1 Å². The van der Waals surface area contributed by atoms with Gasteiger partial charge in [0.05, 0.1) is 12.5 Å². The summed E-state index contributed by atoms with van der Waals surface area (Å²) in [5.41, 5.74) is 1.23. The monoisotopic (exact) mass is 331 g/mol. The lowest BCUT2D eigenvalue weighted by molar-refractivity contribution is -0.158. The number of ether oxygens (including phenoxy) is 2. The summed E-state index contributed by atoms with van der Waals surface area (Å²) < 4.78 is 10.5. The number of hydrogen-bond acceptors (Lipinski definition) is 4. The molecular formula is C19H25NO4. The predicted octanol–water partition coefficient (Wildman–Crippen LogP) is 3.38. The van der Waals surface area contributed by atoms with Crippen molar-refractivity contribution in [1.82, 2.24) is 4.90 Å². The molecule has 1 aromatic carbocycles. The number of esters is 1. The molecule has 1 amide bonds. The average Bonchev–Trinajstić information content (AvgIpc) is 2.59. The van der Waals surface area contributed by atoms with Gasteiger partial charge in [0.25, 0.3) is 0 Å². The standard InChI is InChI=1S/C19H25NO4/c1-2-23-17(21)16-12-19(13-16)8-10-20(11-9-19)18(22)24-14-15-6-4-3-5-7-15/h3-7,16H,2,8-14H2,1H3. The van der Waals surface area contributed by atoms with E-state index < -0.39 is 0 Å². The Balaban J connectivity index is 1.41. The zero-order valence-corrected chi connectivity index (χ0v) is 14.2. The molecule has 1 spiro atoms. The van der Waals surface area contributed by atoms with Gasteiger partial charge < -0.3 is 14.4 Å². The summed E-state index contributed by atoms with van der Waals surface area (Å²) in [6.45, 7) is 4.02. The zero-order chi connectivity index (χ0) is 17.0. The Morgan fingerprint density at radius 1 is 1.12 bits per heavy atom. The van der Waals surface area contributed by atoms with Crippen molar-refractivity contribution in [3.63, 3.8) is 0 Å². The highest BCUT2D eigenvalue weighted by Crippen LogP contribution is 2.52. The van der Waals surface area contributed by atoms with E-state index in [9.17, 15) is 9.59 Å². The molecule has 1 aliphatic heterocycles. The highest BCUT2D eigenvalue weighted by Gasteiger charge is 2.49. The van der Waals surface area contributed by atoms with Crippen LogP contribution < -0.4 is 0 Å². The highest BCUT2D eigenvalue weighted by atomic mass is 16.6. The number of carbonyl (C=O) groups is 2. The zero-order valence-electron chi connectivity index (χ0n) is 14.2. The fraction of sp³-hybridized carbons (Fsp3) is 0.579. The second-order valence-electron chi connectivity index (χ2n) is 6.88. The van der Waals surface area contributed by atoms with E-state index in [2.05, 4.69) is 0 Å². The van der Waals surface area contributed by atoms with Crippen LogP contribution in [-0.4, -0.2) is 36.7 Å². The fourth-order valence-electron chi connectivity index (χ4n) is 3.79. The lowest BCUT2D eigenvalue weighted by Gasteiger charge is -2.50. The van der Waals surface area contributed by atoms with Gasteiger partial charge in [-0.3, -0.25) is 4.79 Å². The molecule has 130 valence electrons. The number of rotatable bonds is 4. The van der Waals surface area contributed by atoms with E-state index in [0.29, 0.717) is 26.3 Å². The highest BCUT2D eigenvalue weighted by molar-refractivity contribution is 5.74. The first kappa shape index (κ1) is 16.8. The quantitative estimate of drug-likeness (QED) is 0.794. The summed E-state index contributed by atoms with van der Waals surface area (Å²) in [6.07, 6.45) is 3.46. The summed E-state index contributed by atoms with van der Waals surface area (Å²) in [6, 6.07) is 9.71. The number of hydrogen-bond donors (Lipinski definition) is 0. The molecule has 1 aromatic rings. The van der Waals surface area contributed by atoms with Crippen LogP contribution in [0.1, 0.15) is 38.2 Å². The molecule has 0 aromatic heterocycles. The largest absolute Gasteiger partial charge is 0.466 e. The van der Waals surface area contributed by atoms with Crippen LogP contribution in [0.4, 0.5) is 4.79 Å². The maximum atomic E-state index is 12.2. The summed E-state index contributed by atoms with van der Waals surface area (Å²) in [5, 5.41) is 0. The van der Waals surface area contributed by atoms with Crippen molar-refractivity contribution in [2.75, 3.05) is 19.7 Å². The van der Waals surface area contributed by atoms with E-state index in [-0.39, 0.29) is 23.4 Å². The van der Waals surface area contributed by atoms with E-state index >= 15 is 0 Å². The van der Waals surface area contributed by atoms with Crippen LogP contribution >= 0.6 is 0 Å². The van der Waals surface area contributed by atoms with Crippen molar-refractivity contribution < 1.29 is 19.1 Å². The molecule has 3 rings (SSSR count). The Morgan fingerprint density at radius 2 is 1.79 bits per heavy atom. The Kier molecular flexibility index (Phi) is 5.07. The van der Waals surface area contributed by atoms with E-state index in [0.717, 1.165) is 31.2 Å². The normalized spacial score (nSPS) is 19.6. The molecule has 5 heteroatoms. The number of carbonyl (C=O) groups excluding carboxylic acids is 2. The molecule has 0 unspecified atom stereocenters. The van der Waals surface area contributed by atoms with E-state index in [1.165, 1.54) is 0 Å². The van der Waals surface area contributed by atoms with Gasteiger partial charge in [0.2, 0.25) is 0 Å². The molecule has 0 atom stereocenters. The maximum Gasteiger partial charge on any atom is 0.410 e. The minimum absolute atomic E-state index is 0.0570. The average molecular weight is 331 g/mol. The molecule has 2 fully saturated rings. The van der Waals surface area contributed by atoms with Crippen molar-refractivity contribution in [1.29, 1.82) is 0 Å². The van der Waals surface area contributed by atoms with Gasteiger partial charge in [-0.15, -0.1) is 0 Å². The van der Waals surface area contributed by atoms with E-state index in [4.69, 9.17) is 9.47 Å². The third-order valence-electron chi connectivity index (χ3n) is 5.27. The van der Waals surface area contributed by atoms with Gasteiger partial charge in [0, 0.05) is 13.1 Å². The van der Waals surface area contributed by atoms with Gasteiger partial charge in [0.1, 0.15) is 6.61 Å². The molecule has 1 saturated carbocycles. The van der Waals surface area contributed by atoms with Gasteiger partial charge in [-0.2, -0.15) is 0 Å². The van der Waals surface area contributed by atoms with Crippen LogP contribution in [0.3, 0.4) is 0 Å². The van der Waals surface area contributed by atoms with Crippen molar-refractivity contribution in [2.24, 2.45) is 11.3 Å². The fourth-order valence-corrected chi connectivity index (χ4v) is 3.79. The lowest BCUT2D eigenvalue weighted by Crippen LogP contribution is -2.50. The number of nitrogens with zero attached hydrogens (tertiary/aromatic N) is 1. The Labute approximate surface area is 142 Å². The Morgan fingerprint density at radius 3 is 2.42 bits per heavy atom. The first-order valence-corrected chi connectivity index (χ1v) is 8.74. The number of likely N-dealkylation sites (tertiary alicyclic amines) is 1. The molecule has 2 aliphatic rings. The van der Waals surface area contributed by atoms with Crippen molar-refractivity contribution in [3.8, 4) is 0 Å². The topological polar surface area (TPSA) is 55.8 Å². The Bertz CT molecular complexity index is 570. The van der Waals surface area contributed by atoms with Gasteiger partial charge in [-0.1, -0.05) is 30.3 Å². The number of amides is 1. The van der Waals surface area contributed by atoms with Gasteiger partial charge in [-0.25, -0.2) is 4.79 Å². The van der Waals surface area contributed by atoms with Crippen molar-refractivity contribution in [3.05, 3.63) is 35.9 Å². The molecule has 1 heterocycles. The second-order valence-corrected chi connectivity index (χ2v) is 6.88. The van der Waals surface area contributed by atoms with Gasteiger partial charge >= 0.3 is 12.1 Å². The second kappa shape index (κ2) is 7.24.